The number of amides is 1. The van der Waals surface area contributed by atoms with Gasteiger partial charge in [0.15, 0.2) is 0 Å². The highest BCUT2D eigenvalue weighted by molar-refractivity contribution is 6.05. The molecule has 0 aliphatic rings. The number of fused-ring (bicyclic) bond motifs is 1. The zero-order chi connectivity index (χ0) is 15.5. The summed E-state index contributed by atoms with van der Waals surface area (Å²) in [6, 6.07) is 14.9. The van der Waals surface area contributed by atoms with E-state index < -0.39 is 18.4 Å². The first-order valence-corrected chi connectivity index (χ1v) is 6.68. The average molecular weight is 295 g/mol. The molecule has 1 aromatic heterocycles. The van der Waals surface area contributed by atoms with Gasteiger partial charge in [0.2, 0.25) is 0 Å². The summed E-state index contributed by atoms with van der Waals surface area (Å²) >= 11 is 0. The molecule has 2 aromatic carbocycles. The number of hydrogen-bond acceptors (Lipinski definition) is 3. The van der Waals surface area contributed by atoms with Crippen molar-refractivity contribution < 1.29 is 14.7 Å². The van der Waals surface area contributed by atoms with E-state index in [4.69, 9.17) is 5.11 Å². The average Bonchev–Trinajstić information content (AvgIpc) is 2.97. The van der Waals surface area contributed by atoms with Crippen LogP contribution < -0.4 is 5.32 Å². The van der Waals surface area contributed by atoms with E-state index in [1.165, 1.54) is 0 Å². The van der Waals surface area contributed by atoms with Crippen LogP contribution in [0.3, 0.4) is 0 Å². The number of carboxylic acids is 1. The molecule has 0 atom stereocenters. The molecule has 6 heteroatoms. The molecule has 1 amide bonds. The molecule has 0 radical (unpaired) electrons. The Kier molecular flexibility index (Phi) is 3.57. The fourth-order valence-electron chi connectivity index (χ4n) is 2.27. The van der Waals surface area contributed by atoms with Crippen molar-refractivity contribution in [2.75, 3.05) is 6.54 Å². The SMILES string of the molecule is O=C(O)CNC(=O)c1cccc2c1ncn2-c1ccccc1. The summed E-state index contributed by atoms with van der Waals surface area (Å²) in [5.41, 5.74) is 2.62. The highest BCUT2D eigenvalue weighted by atomic mass is 16.4. The predicted octanol–water partition coefficient (Wildman–Crippen LogP) is 1.84. The van der Waals surface area contributed by atoms with Crippen molar-refractivity contribution in [3.63, 3.8) is 0 Å². The summed E-state index contributed by atoms with van der Waals surface area (Å²) in [5.74, 6) is -1.54. The lowest BCUT2D eigenvalue weighted by atomic mass is 10.1. The fourth-order valence-corrected chi connectivity index (χ4v) is 2.27. The van der Waals surface area contributed by atoms with E-state index in [0.717, 1.165) is 11.2 Å². The first-order valence-electron chi connectivity index (χ1n) is 6.68. The third-order valence-corrected chi connectivity index (χ3v) is 3.26. The Morgan fingerprint density at radius 1 is 1.09 bits per heavy atom. The van der Waals surface area contributed by atoms with Crippen LogP contribution in [0.5, 0.6) is 0 Å². The number of imidazole rings is 1. The predicted molar refractivity (Wildman–Crippen MR) is 81.0 cm³/mol. The van der Waals surface area contributed by atoms with Gasteiger partial charge in [0.1, 0.15) is 18.4 Å². The van der Waals surface area contributed by atoms with Gasteiger partial charge in [0, 0.05) is 5.69 Å². The molecule has 2 N–H and O–H groups in total. The van der Waals surface area contributed by atoms with Gasteiger partial charge in [0.05, 0.1) is 11.1 Å². The van der Waals surface area contributed by atoms with Crippen LogP contribution in [0, 0.1) is 0 Å². The molecular weight excluding hydrogens is 282 g/mol. The zero-order valence-corrected chi connectivity index (χ0v) is 11.6. The maximum Gasteiger partial charge on any atom is 0.322 e. The van der Waals surface area contributed by atoms with Crippen LogP contribution in [0.25, 0.3) is 16.7 Å². The van der Waals surface area contributed by atoms with Crippen molar-refractivity contribution in [3.05, 3.63) is 60.4 Å². The second-order valence-electron chi connectivity index (χ2n) is 4.70. The van der Waals surface area contributed by atoms with Crippen LogP contribution in [-0.4, -0.2) is 33.1 Å². The zero-order valence-electron chi connectivity index (χ0n) is 11.6. The number of carboxylic acid groups (broad SMARTS) is 1. The minimum absolute atomic E-state index is 0.355. The molecule has 0 unspecified atom stereocenters. The maximum absolute atomic E-state index is 12.1. The lowest BCUT2D eigenvalue weighted by Crippen LogP contribution is -2.29. The molecule has 0 aliphatic carbocycles. The molecule has 6 nitrogen and oxygen atoms in total. The molecule has 0 bridgehead atoms. The van der Waals surface area contributed by atoms with E-state index in [1.54, 1.807) is 18.5 Å². The maximum atomic E-state index is 12.1. The van der Waals surface area contributed by atoms with E-state index in [9.17, 15) is 9.59 Å². The summed E-state index contributed by atoms with van der Waals surface area (Å²) in [4.78, 5) is 26.9. The summed E-state index contributed by atoms with van der Waals surface area (Å²) in [6.45, 7) is -0.422. The van der Waals surface area contributed by atoms with Crippen LogP contribution in [-0.2, 0) is 4.79 Å². The second kappa shape index (κ2) is 5.69. The van der Waals surface area contributed by atoms with Gasteiger partial charge in [-0.15, -0.1) is 0 Å². The van der Waals surface area contributed by atoms with Gasteiger partial charge < -0.3 is 10.4 Å². The van der Waals surface area contributed by atoms with Gasteiger partial charge in [-0.1, -0.05) is 24.3 Å². The van der Waals surface area contributed by atoms with Crippen molar-refractivity contribution in [1.29, 1.82) is 0 Å². The number of rotatable bonds is 4. The number of nitrogens with zero attached hydrogens (tertiary/aromatic N) is 2. The van der Waals surface area contributed by atoms with Gasteiger partial charge in [-0.2, -0.15) is 0 Å². The van der Waals surface area contributed by atoms with Gasteiger partial charge in [0.25, 0.3) is 5.91 Å². The molecule has 22 heavy (non-hydrogen) atoms. The van der Waals surface area contributed by atoms with Crippen LogP contribution in [0.2, 0.25) is 0 Å². The number of aliphatic carboxylic acids is 1. The highest BCUT2D eigenvalue weighted by Crippen LogP contribution is 2.21. The summed E-state index contributed by atoms with van der Waals surface area (Å²) < 4.78 is 1.88. The molecule has 3 rings (SSSR count). The Labute approximate surface area is 126 Å². The number of hydrogen-bond donors (Lipinski definition) is 2. The molecule has 0 saturated heterocycles. The molecule has 0 spiro atoms. The lowest BCUT2D eigenvalue weighted by Gasteiger charge is -2.06. The number of aromatic nitrogens is 2. The minimum atomic E-state index is -1.09. The number of carbonyl (C=O) groups is 2. The number of benzene rings is 2. The molecule has 1 heterocycles. The largest absolute Gasteiger partial charge is 0.480 e. The highest BCUT2D eigenvalue weighted by Gasteiger charge is 2.14. The Morgan fingerprint density at radius 2 is 1.86 bits per heavy atom. The summed E-state index contributed by atoms with van der Waals surface area (Å²) in [5, 5.41) is 11.0. The fraction of sp³-hybridized carbons (Fsp3) is 0.0625. The Morgan fingerprint density at radius 3 is 2.59 bits per heavy atom. The van der Waals surface area contributed by atoms with Gasteiger partial charge in [-0.25, -0.2) is 4.98 Å². The van der Waals surface area contributed by atoms with Gasteiger partial charge in [-0.05, 0) is 24.3 Å². The van der Waals surface area contributed by atoms with E-state index in [-0.39, 0.29) is 0 Å². The third-order valence-electron chi connectivity index (χ3n) is 3.26. The smallest absolute Gasteiger partial charge is 0.322 e. The van der Waals surface area contributed by atoms with Crippen LogP contribution in [0.1, 0.15) is 10.4 Å². The monoisotopic (exact) mass is 295 g/mol. The topological polar surface area (TPSA) is 84.2 Å². The first kappa shape index (κ1) is 13.8. The molecular formula is C16H13N3O3. The van der Waals surface area contributed by atoms with Crippen LogP contribution in [0.4, 0.5) is 0 Å². The second-order valence-corrected chi connectivity index (χ2v) is 4.70. The number of para-hydroxylation sites is 2. The van der Waals surface area contributed by atoms with Crippen LogP contribution >= 0.6 is 0 Å². The number of nitrogens with one attached hydrogen (secondary N) is 1. The summed E-state index contributed by atoms with van der Waals surface area (Å²) in [6.07, 6.45) is 1.65. The molecule has 0 saturated carbocycles. The Bertz CT molecular complexity index is 840. The van der Waals surface area contributed by atoms with E-state index in [0.29, 0.717) is 11.1 Å². The molecule has 0 aliphatic heterocycles. The number of carbonyl (C=O) groups excluding carboxylic acids is 1. The third kappa shape index (κ3) is 2.54. The lowest BCUT2D eigenvalue weighted by molar-refractivity contribution is -0.135. The summed E-state index contributed by atoms with van der Waals surface area (Å²) in [7, 11) is 0. The van der Waals surface area contributed by atoms with Crippen molar-refractivity contribution in [2.45, 2.75) is 0 Å². The normalized spacial score (nSPS) is 10.5. The van der Waals surface area contributed by atoms with Gasteiger partial charge in [-0.3, -0.25) is 14.2 Å². The Hall–Kier alpha value is -3.15. The minimum Gasteiger partial charge on any atom is -0.480 e. The van der Waals surface area contributed by atoms with Crippen molar-refractivity contribution >= 4 is 22.9 Å². The van der Waals surface area contributed by atoms with E-state index >= 15 is 0 Å². The molecule has 3 aromatic rings. The molecule has 0 fully saturated rings. The van der Waals surface area contributed by atoms with Crippen LogP contribution in [0.15, 0.2) is 54.9 Å². The Balaban J connectivity index is 2.02. The van der Waals surface area contributed by atoms with Crippen molar-refractivity contribution in [2.24, 2.45) is 0 Å². The van der Waals surface area contributed by atoms with Crippen molar-refractivity contribution in [1.82, 2.24) is 14.9 Å². The first-order chi connectivity index (χ1) is 10.7. The van der Waals surface area contributed by atoms with E-state index in [2.05, 4.69) is 10.3 Å². The molecule has 110 valence electrons. The quantitative estimate of drug-likeness (QED) is 0.769. The van der Waals surface area contributed by atoms with Crippen molar-refractivity contribution in [3.8, 4) is 5.69 Å². The standard InChI is InChI=1S/C16H13N3O3/c20-14(21)9-17-16(22)12-7-4-8-13-15(12)18-10-19(13)11-5-2-1-3-6-11/h1-8,10H,9H2,(H,17,22)(H,20,21). The van der Waals surface area contributed by atoms with Gasteiger partial charge >= 0.3 is 5.97 Å². The van der Waals surface area contributed by atoms with E-state index in [1.807, 2.05) is 41.0 Å².